The highest BCUT2D eigenvalue weighted by Gasteiger charge is 2.20. The van der Waals surface area contributed by atoms with E-state index in [1.165, 1.54) is 0 Å². The highest BCUT2D eigenvalue weighted by Crippen LogP contribution is 2.25. The summed E-state index contributed by atoms with van der Waals surface area (Å²) in [7, 11) is 3.24. The van der Waals surface area contributed by atoms with Crippen molar-refractivity contribution >= 4 is 11.6 Å². The molecule has 1 aliphatic rings. The number of rotatable bonds is 3. The number of amides is 1. The number of hydrogen-bond acceptors (Lipinski definition) is 3. The van der Waals surface area contributed by atoms with Crippen molar-refractivity contribution in [2.24, 2.45) is 4.99 Å². The number of benzene rings is 2. The van der Waals surface area contributed by atoms with Crippen LogP contribution >= 0.6 is 0 Å². The van der Waals surface area contributed by atoms with Gasteiger partial charge in [0.2, 0.25) is 0 Å². The Labute approximate surface area is 123 Å². The first kappa shape index (κ1) is 13.4. The number of carbonyl (C=O) groups is 1. The molecule has 0 fully saturated rings. The fraction of sp³-hybridized carbons (Fsp3) is 0.176. The molecule has 4 heteroatoms. The van der Waals surface area contributed by atoms with Crippen LogP contribution < -0.4 is 9.47 Å². The lowest BCUT2D eigenvalue weighted by Gasteiger charge is -2.16. The van der Waals surface area contributed by atoms with Gasteiger partial charge in [-0.15, -0.1) is 0 Å². The van der Waals surface area contributed by atoms with Gasteiger partial charge in [0.1, 0.15) is 11.5 Å². The summed E-state index contributed by atoms with van der Waals surface area (Å²) in [6, 6.07) is 13.0. The molecule has 0 aromatic heterocycles. The van der Waals surface area contributed by atoms with Crippen molar-refractivity contribution in [2.45, 2.75) is 6.42 Å². The Hall–Kier alpha value is -2.62. The lowest BCUT2D eigenvalue weighted by atomic mass is 9.94. The van der Waals surface area contributed by atoms with Gasteiger partial charge in [0, 0.05) is 12.0 Å². The summed E-state index contributed by atoms with van der Waals surface area (Å²) in [5.74, 6) is 1.32. The number of hydrogen-bond donors (Lipinski definition) is 0. The van der Waals surface area contributed by atoms with E-state index in [0.717, 1.165) is 28.3 Å². The van der Waals surface area contributed by atoms with Crippen molar-refractivity contribution in [3.8, 4) is 11.5 Å². The second kappa shape index (κ2) is 5.40. The molecule has 21 heavy (non-hydrogen) atoms. The second-order valence-electron chi connectivity index (χ2n) is 4.79. The fourth-order valence-electron chi connectivity index (χ4n) is 2.40. The average molecular weight is 281 g/mol. The summed E-state index contributed by atoms with van der Waals surface area (Å²) in [5, 5.41) is 0. The molecular weight excluding hydrogens is 266 g/mol. The van der Waals surface area contributed by atoms with Gasteiger partial charge in [0.15, 0.2) is 0 Å². The Kier molecular flexibility index (Phi) is 3.44. The third-order valence-corrected chi connectivity index (χ3v) is 3.56. The smallest absolute Gasteiger partial charge is 0.277 e. The first-order chi connectivity index (χ1) is 10.2. The van der Waals surface area contributed by atoms with E-state index in [1.807, 2.05) is 30.3 Å². The van der Waals surface area contributed by atoms with Crippen LogP contribution in [0.2, 0.25) is 0 Å². The van der Waals surface area contributed by atoms with Crippen LogP contribution in [0, 0.1) is 0 Å². The molecule has 1 heterocycles. The van der Waals surface area contributed by atoms with E-state index >= 15 is 0 Å². The van der Waals surface area contributed by atoms with Crippen LogP contribution in [0.15, 0.2) is 47.5 Å². The summed E-state index contributed by atoms with van der Waals surface area (Å²) in [4.78, 5) is 16.3. The molecular formula is C17H15NO3. The molecule has 0 N–H and O–H groups in total. The number of carbonyl (C=O) groups excluding carboxylic acids is 1. The maximum atomic E-state index is 12.1. The van der Waals surface area contributed by atoms with Gasteiger partial charge in [-0.25, -0.2) is 4.99 Å². The van der Waals surface area contributed by atoms with Crippen LogP contribution in [0.4, 0.5) is 0 Å². The highest BCUT2D eigenvalue weighted by atomic mass is 16.5. The highest BCUT2D eigenvalue weighted by molar-refractivity contribution is 6.15. The number of aliphatic imine (C=N–C) groups is 1. The molecule has 3 rings (SSSR count). The Bertz CT molecular complexity index is 717. The van der Waals surface area contributed by atoms with E-state index in [9.17, 15) is 4.79 Å². The van der Waals surface area contributed by atoms with E-state index in [1.54, 1.807) is 26.4 Å². The third-order valence-electron chi connectivity index (χ3n) is 3.56. The molecule has 4 nitrogen and oxygen atoms in total. The first-order valence-electron chi connectivity index (χ1n) is 6.64. The van der Waals surface area contributed by atoms with Gasteiger partial charge >= 0.3 is 0 Å². The minimum absolute atomic E-state index is 0.204. The van der Waals surface area contributed by atoms with Crippen LogP contribution in [0.3, 0.4) is 0 Å². The quantitative estimate of drug-likeness (QED) is 0.869. The molecule has 0 spiro atoms. The van der Waals surface area contributed by atoms with Crippen LogP contribution in [0.5, 0.6) is 11.5 Å². The Morgan fingerprint density at radius 3 is 2.29 bits per heavy atom. The molecule has 1 aliphatic heterocycles. The van der Waals surface area contributed by atoms with E-state index in [-0.39, 0.29) is 5.91 Å². The molecule has 0 saturated heterocycles. The molecule has 0 unspecified atom stereocenters. The number of fused-ring (bicyclic) bond motifs is 1. The summed E-state index contributed by atoms with van der Waals surface area (Å²) in [5.41, 5.74) is 3.29. The normalized spacial score (nSPS) is 13.4. The Balaban J connectivity index is 1.96. The Morgan fingerprint density at radius 1 is 0.952 bits per heavy atom. The van der Waals surface area contributed by atoms with E-state index in [2.05, 4.69) is 4.99 Å². The van der Waals surface area contributed by atoms with E-state index < -0.39 is 0 Å². The van der Waals surface area contributed by atoms with Gasteiger partial charge < -0.3 is 9.47 Å². The zero-order valence-electron chi connectivity index (χ0n) is 11.9. The second-order valence-corrected chi connectivity index (χ2v) is 4.79. The largest absolute Gasteiger partial charge is 0.497 e. The summed E-state index contributed by atoms with van der Waals surface area (Å²) < 4.78 is 10.4. The predicted molar refractivity (Wildman–Crippen MR) is 80.6 cm³/mol. The standard InChI is InChI=1S/C17H15NO3/c1-20-13-5-3-11(4-6-13)16-10-12-9-14(21-2)7-8-15(12)17(19)18-16/h3-9H,10H2,1-2H3. The van der Waals surface area contributed by atoms with Gasteiger partial charge in [0.05, 0.1) is 19.9 Å². The van der Waals surface area contributed by atoms with Crippen LogP contribution in [-0.2, 0) is 6.42 Å². The summed E-state index contributed by atoms with van der Waals surface area (Å²) >= 11 is 0. The maximum Gasteiger partial charge on any atom is 0.277 e. The van der Waals surface area contributed by atoms with Gasteiger partial charge in [-0.3, -0.25) is 4.79 Å². The topological polar surface area (TPSA) is 47.9 Å². The minimum Gasteiger partial charge on any atom is -0.497 e. The monoisotopic (exact) mass is 281 g/mol. The molecule has 0 bridgehead atoms. The minimum atomic E-state index is -0.204. The van der Waals surface area contributed by atoms with Crippen molar-refractivity contribution in [1.82, 2.24) is 0 Å². The third kappa shape index (κ3) is 2.52. The predicted octanol–water partition coefficient (Wildman–Crippen LogP) is 2.89. The SMILES string of the molecule is COc1ccc(C2=NC(=O)c3ccc(OC)cc3C2)cc1. The van der Waals surface area contributed by atoms with E-state index in [4.69, 9.17) is 9.47 Å². The molecule has 1 amide bonds. The van der Waals surface area contributed by atoms with E-state index in [0.29, 0.717) is 12.0 Å². The summed E-state index contributed by atoms with van der Waals surface area (Å²) in [6.07, 6.45) is 0.616. The molecule has 106 valence electrons. The molecule has 0 saturated carbocycles. The van der Waals surface area contributed by atoms with Crippen molar-refractivity contribution in [2.75, 3.05) is 14.2 Å². The molecule has 2 aromatic rings. The number of ether oxygens (including phenoxy) is 2. The molecule has 2 aromatic carbocycles. The van der Waals surface area contributed by atoms with Crippen LogP contribution in [0.25, 0.3) is 0 Å². The van der Waals surface area contributed by atoms with Crippen molar-refractivity contribution < 1.29 is 14.3 Å². The van der Waals surface area contributed by atoms with Gasteiger partial charge in [-0.05, 0) is 53.6 Å². The van der Waals surface area contributed by atoms with Crippen LogP contribution in [-0.4, -0.2) is 25.8 Å². The van der Waals surface area contributed by atoms with Gasteiger partial charge in [-0.1, -0.05) is 0 Å². The average Bonchev–Trinajstić information content (AvgIpc) is 2.54. The number of nitrogens with zero attached hydrogens (tertiary/aromatic N) is 1. The molecule has 0 radical (unpaired) electrons. The van der Waals surface area contributed by atoms with Crippen molar-refractivity contribution in [3.05, 3.63) is 59.2 Å². The lowest BCUT2D eigenvalue weighted by molar-refractivity contribution is 0.1000. The maximum absolute atomic E-state index is 12.1. The Morgan fingerprint density at radius 2 is 1.62 bits per heavy atom. The zero-order valence-corrected chi connectivity index (χ0v) is 11.9. The van der Waals surface area contributed by atoms with Gasteiger partial charge in [-0.2, -0.15) is 0 Å². The fourth-order valence-corrected chi connectivity index (χ4v) is 2.40. The van der Waals surface area contributed by atoms with Crippen LogP contribution in [0.1, 0.15) is 21.5 Å². The van der Waals surface area contributed by atoms with Crippen molar-refractivity contribution in [1.29, 1.82) is 0 Å². The zero-order chi connectivity index (χ0) is 14.8. The number of methoxy groups -OCH3 is 2. The summed E-state index contributed by atoms with van der Waals surface area (Å²) in [6.45, 7) is 0. The van der Waals surface area contributed by atoms with Crippen molar-refractivity contribution in [3.63, 3.8) is 0 Å². The molecule has 0 aliphatic carbocycles. The first-order valence-corrected chi connectivity index (χ1v) is 6.64. The lowest BCUT2D eigenvalue weighted by Crippen LogP contribution is -2.17. The molecule has 0 atom stereocenters. The van der Waals surface area contributed by atoms with Gasteiger partial charge in [0.25, 0.3) is 5.91 Å².